The van der Waals surface area contributed by atoms with Crippen molar-refractivity contribution in [2.45, 2.75) is 16.4 Å². The van der Waals surface area contributed by atoms with Crippen LogP contribution in [0.2, 0.25) is 0 Å². The Morgan fingerprint density at radius 2 is 1.25 bits per heavy atom. The molecule has 0 atom stereocenters. The molecule has 10 heteroatoms. The monoisotopic (exact) mass is 502 g/mol. The van der Waals surface area contributed by atoms with Crippen LogP contribution in [0.3, 0.4) is 0 Å². The van der Waals surface area contributed by atoms with Crippen LogP contribution in [0.4, 0.5) is 11.4 Å². The smallest absolute Gasteiger partial charge is 0.339 e. The van der Waals surface area contributed by atoms with E-state index in [4.69, 9.17) is 9.47 Å². The van der Waals surface area contributed by atoms with Crippen molar-refractivity contribution in [1.82, 2.24) is 0 Å². The highest BCUT2D eigenvalue weighted by Crippen LogP contribution is 2.32. The Hall–Kier alpha value is -4.70. The van der Waals surface area contributed by atoms with Crippen molar-refractivity contribution in [3.8, 4) is 11.5 Å². The second-order valence-electron chi connectivity index (χ2n) is 7.42. The van der Waals surface area contributed by atoms with Gasteiger partial charge >= 0.3 is 5.97 Å². The average molecular weight is 503 g/mol. The lowest BCUT2D eigenvalue weighted by Crippen LogP contribution is -2.06. The van der Waals surface area contributed by atoms with Crippen molar-refractivity contribution in [1.29, 1.82) is 0 Å². The molecular formula is C26H18N2O7S. The summed E-state index contributed by atoms with van der Waals surface area (Å²) >= 11 is 1.31. The molecule has 0 N–H and O–H groups in total. The molecule has 0 heterocycles. The fourth-order valence-electron chi connectivity index (χ4n) is 3.14. The number of nitro benzene ring substituents is 2. The molecule has 0 aromatic heterocycles. The molecule has 0 spiro atoms. The Kier molecular flexibility index (Phi) is 7.57. The number of carbonyl (C=O) groups is 1. The molecule has 180 valence electrons. The van der Waals surface area contributed by atoms with Crippen LogP contribution in [0.1, 0.15) is 15.9 Å². The Morgan fingerprint density at radius 1 is 0.722 bits per heavy atom. The van der Waals surface area contributed by atoms with Gasteiger partial charge in [0.05, 0.1) is 15.4 Å². The lowest BCUT2D eigenvalue weighted by molar-refractivity contribution is -0.385. The van der Waals surface area contributed by atoms with Gasteiger partial charge in [-0.2, -0.15) is 0 Å². The largest absolute Gasteiger partial charge is 0.457 e. The predicted molar refractivity (Wildman–Crippen MR) is 132 cm³/mol. The molecule has 0 aliphatic rings. The second-order valence-corrected chi connectivity index (χ2v) is 8.54. The number of hydrogen-bond acceptors (Lipinski definition) is 8. The van der Waals surface area contributed by atoms with Crippen LogP contribution in [0.5, 0.6) is 11.5 Å². The van der Waals surface area contributed by atoms with E-state index >= 15 is 0 Å². The van der Waals surface area contributed by atoms with Crippen LogP contribution in [0.25, 0.3) is 0 Å². The predicted octanol–water partition coefficient (Wildman–Crippen LogP) is 6.80. The first-order valence-corrected chi connectivity index (χ1v) is 11.4. The molecule has 0 aliphatic heterocycles. The van der Waals surface area contributed by atoms with Gasteiger partial charge in [0.15, 0.2) is 0 Å². The van der Waals surface area contributed by atoms with Crippen LogP contribution in [0.15, 0.2) is 107 Å². The molecule has 0 saturated heterocycles. The summed E-state index contributed by atoms with van der Waals surface area (Å²) in [4.78, 5) is 34.8. The van der Waals surface area contributed by atoms with E-state index in [1.807, 2.05) is 0 Å². The first kappa shape index (κ1) is 24.4. The van der Waals surface area contributed by atoms with Gasteiger partial charge in [-0.05, 0) is 54.1 Å². The lowest BCUT2D eigenvalue weighted by Gasteiger charge is -2.10. The summed E-state index contributed by atoms with van der Waals surface area (Å²) in [5, 5.41) is 21.6. The minimum atomic E-state index is -0.494. The molecule has 0 saturated carbocycles. The number of carbonyl (C=O) groups excluding carboxylic acids is 1. The molecule has 0 unspecified atom stereocenters. The van der Waals surface area contributed by atoms with Crippen LogP contribution < -0.4 is 4.74 Å². The molecule has 4 aromatic rings. The number of ether oxygens (including phenoxy) is 2. The van der Waals surface area contributed by atoms with Crippen molar-refractivity contribution >= 4 is 29.1 Å². The number of benzene rings is 4. The van der Waals surface area contributed by atoms with E-state index in [0.717, 1.165) is 10.5 Å². The Labute approximate surface area is 209 Å². The fourth-order valence-corrected chi connectivity index (χ4v) is 4.07. The number of rotatable bonds is 9. The Balaban J connectivity index is 1.36. The highest BCUT2D eigenvalue weighted by Gasteiger charge is 2.14. The summed E-state index contributed by atoms with van der Waals surface area (Å²) in [5.41, 5.74) is 1.11. The van der Waals surface area contributed by atoms with E-state index in [1.165, 1.54) is 48.2 Å². The molecule has 0 radical (unpaired) electrons. The van der Waals surface area contributed by atoms with Gasteiger partial charge in [-0.3, -0.25) is 20.2 Å². The number of non-ortho nitro benzene ring substituents is 2. The molecule has 4 rings (SSSR count). The van der Waals surface area contributed by atoms with Gasteiger partial charge in [0, 0.05) is 34.1 Å². The summed E-state index contributed by atoms with van der Waals surface area (Å²) in [5.74, 6) is 0.497. The van der Waals surface area contributed by atoms with Crippen LogP contribution >= 0.6 is 11.8 Å². The third-order valence-corrected chi connectivity index (χ3v) is 6.04. The zero-order chi connectivity index (χ0) is 25.5. The average Bonchev–Trinajstić information content (AvgIpc) is 2.89. The van der Waals surface area contributed by atoms with E-state index < -0.39 is 15.8 Å². The quantitative estimate of drug-likeness (QED) is 0.139. The highest BCUT2D eigenvalue weighted by atomic mass is 32.2. The summed E-state index contributed by atoms with van der Waals surface area (Å²) in [6.07, 6.45) is 0. The van der Waals surface area contributed by atoms with E-state index in [2.05, 4.69) is 0 Å². The zero-order valence-electron chi connectivity index (χ0n) is 18.6. The molecule has 0 bridgehead atoms. The van der Waals surface area contributed by atoms with Gasteiger partial charge in [0.1, 0.15) is 18.1 Å². The first-order valence-electron chi connectivity index (χ1n) is 10.6. The van der Waals surface area contributed by atoms with Gasteiger partial charge in [0.2, 0.25) is 0 Å². The van der Waals surface area contributed by atoms with Gasteiger partial charge in [-0.25, -0.2) is 4.79 Å². The third-order valence-electron chi connectivity index (χ3n) is 4.96. The van der Waals surface area contributed by atoms with Gasteiger partial charge < -0.3 is 9.47 Å². The third kappa shape index (κ3) is 6.24. The number of hydrogen-bond donors (Lipinski definition) is 0. The van der Waals surface area contributed by atoms with Gasteiger partial charge in [0.25, 0.3) is 11.4 Å². The summed E-state index contributed by atoms with van der Waals surface area (Å²) in [6.45, 7) is 0.0488. The zero-order valence-corrected chi connectivity index (χ0v) is 19.4. The van der Waals surface area contributed by atoms with E-state index in [0.29, 0.717) is 22.0 Å². The topological polar surface area (TPSA) is 122 Å². The SMILES string of the molecule is O=C(OCc1ccc(Oc2ccc([N+](=O)[O-])cc2)cc1)c1ccccc1Sc1ccc([N+](=O)[O-])cc1. The molecule has 9 nitrogen and oxygen atoms in total. The maximum Gasteiger partial charge on any atom is 0.339 e. The minimum Gasteiger partial charge on any atom is -0.457 e. The second kappa shape index (κ2) is 11.2. The lowest BCUT2D eigenvalue weighted by atomic mass is 10.2. The summed E-state index contributed by atoms with van der Waals surface area (Å²) in [6, 6.07) is 25.8. The normalized spacial score (nSPS) is 10.4. The van der Waals surface area contributed by atoms with Gasteiger partial charge in [-0.15, -0.1) is 0 Å². The Bertz CT molecular complexity index is 1390. The van der Waals surface area contributed by atoms with Crippen molar-refractivity contribution in [2.75, 3.05) is 0 Å². The van der Waals surface area contributed by atoms with Crippen molar-refractivity contribution < 1.29 is 24.1 Å². The van der Waals surface area contributed by atoms with Crippen LogP contribution in [0, 0.1) is 20.2 Å². The number of esters is 1. The van der Waals surface area contributed by atoms with E-state index in [-0.39, 0.29) is 18.0 Å². The van der Waals surface area contributed by atoms with Crippen LogP contribution in [-0.2, 0) is 11.3 Å². The molecule has 4 aromatic carbocycles. The molecule has 0 amide bonds. The van der Waals surface area contributed by atoms with Gasteiger partial charge in [-0.1, -0.05) is 36.0 Å². The fraction of sp³-hybridized carbons (Fsp3) is 0.0385. The van der Waals surface area contributed by atoms with Crippen molar-refractivity contribution in [3.63, 3.8) is 0 Å². The maximum atomic E-state index is 12.8. The first-order chi connectivity index (χ1) is 17.4. The van der Waals surface area contributed by atoms with Crippen molar-refractivity contribution in [2.24, 2.45) is 0 Å². The van der Waals surface area contributed by atoms with Crippen molar-refractivity contribution in [3.05, 3.63) is 128 Å². The summed E-state index contributed by atoms with van der Waals surface area (Å²) in [7, 11) is 0. The number of nitrogens with zero attached hydrogens (tertiary/aromatic N) is 2. The molecule has 36 heavy (non-hydrogen) atoms. The molecular weight excluding hydrogens is 484 g/mol. The maximum absolute atomic E-state index is 12.8. The molecule has 0 fully saturated rings. The number of nitro groups is 2. The minimum absolute atomic E-state index is 0.00351. The van der Waals surface area contributed by atoms with E-state index in [9.17, 15) is 25.0 Å². The standard InChI is InChI=1S/C26H18N2O7S/c29-26(24-3-1-2-4-25(24)36-23-15-9-20(10-16-23)28(32)33)34-17-18-5-11-21(12-6-18)35-22-13-7-19(8-14-22)27(30)31/h1-16H,17H2. The molecule has 0 aliphatic carbocycles. The van der Waals surface area contributed by atoms with Crippen LogP contribution in [-0.4, -0.2) is 15.8 Å². The summed E-state index contributed by atoms with van der Waals surface area (Å²) < 4.78 is 11.2. The highest BCUT2D eigenvalue weighted by molar-refractivity contribution is 7.99. The van der Waals surface area contributed by atoms with E-state index in [1.54, 1.807) is 60.7 Å². The Morgan fingerprint density at radius 3 is 1.83 bits per heavy atom.